The van der Waals surface area contributed by atoms with Crippen LogP contribution >= 0.6 is 0 Å². The Hall–Kier alpha value is -1.43. The molecule has 0 saturated heterocycles. The van der Waals surface area contributed by atoms with E-state index in [9.17, 15) is 19.5 Å². The first-order chi connectivity index (χ1) is 8.77. The number of amides is 1. The van der Waals surface area contributed by atoms with Gasteiger partial charge in [0.1, 0.15) is 17.9 Å². The van der Waals surface area contributed by atoms with Crippen LogP contribution in [0, 0.1) is 5.92 Å². The number of rotatable bonds is 9. The summed E-state index contributed by atoms with van der Waals surface area (Å²) in [6.07, 6.45) is -0.456. The van der Waals surface area contributed by atoms with Crippen molar-refractivity contribution in [3.63, 3.8) is 0 Å². The Bertz CT molecular complexity index is 327. The fourth-order valence-electron chi connectivity index (χ4n) is 1.56. The summed E-state index contributed by atoms with van der Waals surface area (Å²) in [6, 6.07) is -1.13. The number of hydrogen-bond acceptors (Lipinski definition) is 4. The van der Waals surface area contributed by atoms with Gasteiger partial charge in [0.25, 0.3) is 0 Å². The third-order valence-corrected chi connectivity index (χ3v) is 2.72. The first-order valence-corrected chi connectivity index (χ1v) is 6.50. The van der Waals surface area contributed by atoms with E-state index >= 15 is 0 Å². The second-order valence-corrected chi connectivity index (χ2v) is 4.98. The topological polar surface area (TPSA) is 104 Å². The Kier molecular flexibility index (Phi) is 7.98. The van der Waals surface area contributed by atoms with Crippen LogP contribution in [0.3, 0.4) is 0 Å². The number of carbonyl (C=O) groups is 3. The van der Waals surface area contributed by atoms with Crippen LogP contribution in [0.2, 0.25) is 0 Å². The molecule has 0 fully saturated rings. The minimum Gasteiger partial charge on any atom is -0.480 e. The lowest BCUT2D eigenvalue weighted by Crippen LogP contribution is -2.46. The zero-order valence-corrected chi connectivity index (χ0v) is 11.7. The first kappa shape index (κ1) is 17.6. The lowest BCUT2D eigenvalue weighted by Gasteiger charge is -2.18. The molecule has 3 N–H and O–H groups in total. The van der Waals surface area contributed by atoms with E-state index in [-0.39, 0.29) is 31.0 Å². The number of aliphatic carboxylic acids is 1. The molecule has 2 atom stereocenters. The summed E-state index contributed by atoms with van der Waals surface area (Å²) < 4.78 is 0. The van der Waals surface area contributed by atoms with Crippen molar-refractivity contribution < 1.29 is 24.6 Å². The van der Waals surface area contributed by atoms with Gasteiger partial charge in [0.05, 0.1) is 0 Å². The third-order valence-electron chi connectivity index (χ3n) is 2.72. The molecule has 1 amide bonds. The van der Waals surface area contributed by atoms with Crippen LogP contribution in [0.5, 0.6) is 0 Å². The molecular formula is C13H23NO5. The van der Waals surface area contributed by atoms with E-state index < -0.39 is 24.0 Å². The Morgan fingerprint density at radius 2 is 1.79 bits per heavy atom. The van der Waals surface area contributed by atoms with Crippen molar-refractivity contribution in [2.75, 3.05) is 0 Å². The van der Waals surface area contributed by atoms with Gasteiger partial charge in [0.2, 0.25) is 5.91 Å². The van der Waals surface area contributed by atoms with Gasteiger partial charge in [-0.2, -0.15) is 0 Å². The zero-order valence-electron chi connectivity index (χ0n) is 11.7. The number of hydrogen-bond donors (Lipinski definition) is 3. The molecule has 0 rings (SSSR count). The summed E-state index contributed by atoms with van der Waals surface area (Å²) in [5.41, 5.74) is 0. The molecule has 0 aromatic heterocycles. The molecule has 0 radical (unpaired) electrons. The van der Waals surface area contributed by atoms with Gasteiger partial charge in [0, 0.05) is 12.8 Å². The van der Waals surface area contributed by atoms with Crippen molar-refractivity contribution in [3.8, 4) is 0 Å². The largest absolute Gasteiger partial charge is 0.480 e. The number of Topliss-reactive ketones (excluding diaryl/α,β-unsaturated/α-hetero) is 1. The first-order valence-electron chi connectivity index (χ1n) is 6.50. The van der Waals surface area contributed by atoms with Gasteiger partial charge in [-0.15, -0.1) is 0 Å². The van der Waals surface area contributed by atoms with Crippen LogP contribution in [0.4, 0.5) is 0 Å². The van der Waals surface area contributed by atoms with E-state index in [2.05, 4.69) is 5.32 Å². The van der Waals surface area contributed by atoms with Crippen LogP contribution in [-0.4, -0.2) is 40.0 Å². The van der Waals surface area contributed by atoms with E-state index in [4.69, 9.17) is 5.11 Å². The molecule has 0 spiro atoms. The highest BCUT2D eigenvalue weighted by atomic mass is 16.4. The number of ketones is 1. The molecule has 6 heteroatoms. The standard InChI is InChI=1S/C13H23NO5/c1-4-9(15)5-6-10(13(18)19)14-12(17)11(16)7-8(2)3/h8,10-11,16H,4-7H2,1-3H3,(H,14,17)(H,18,19)/t10-,11-/m0/s1. The highest BCUT2D eigenvalue weighted by molar-refractivity contribution is 5.86. The summed E-state index contributed by atoms with van der Waals surface area (Å²) in [5, 5.41) is 20.8. The number of nitrogens with one attached hydrogen (secondary N) is 1. The average Bonchev–Trinajstić information content (AvgIpc) is 2.32. The van der Waals surface area contributed by atoms with Crippen LogP contribution in [0.25, 0.3) is 0 Å². The highest BCUT2D eigenvalue weighted by Crippen LogP contribution is 2.06. The Morgan fingerprint density at radius 1 is 1.21 bits per heavy atom. The van der Waals surface area contributed by atoms with E-state index in [1.807, 2.05) is 13.8 Å². The molecule has 0 heterocycles. The maximum absolute atomic E-state index is 11.6. The van der Waals surface area contributed by atoms with Crippen molar-refractivity contribution in [3.05, 3.63) is 0 Å². The normalized spacial score (nSPS) is 13.9. The fourth-order valence-corrected chi connectivity index (χ4v) is 1.56. The molecule has 110 valence electrons. The van der Waals surface area contributed by atoms with Gasteiger partial charge in [-0.1, -0.05) is 20.8 Å². The summed E-state index contributed by atoms with van der Waals surface area (Å²) in [4.78, 5) is 33.7. The molecule has 0 bridgehead atoms. The Morgan fingerprint density at radius 3 is 2.21 bits per heavy atom. The summed E-state index contributed by atoms with van der Waals surface area (Å²) in [5.74, 6) is -1.83. The number of carboxylic acids is 1. The maximum Gasteiger partial charge on any atom is 0.326 e. The average molecular weight is 273 g/mol. The number of carboxylic acid groups (broad SMARTS) is 1. The zero-order chi connectivity index (χ0) is 15.0. The quantitative estimate of drug-likeness (QED) is 0.574. The number of carbonyl (C=O) groups excluding carboxylic acids is 2. The van der Waals surface area contributed by atoms with E-state index in [1.165, 1.54) is 0 Å². The van der Waals surface area contributed by atoms with Crippen LogP contribution in [0.15, 0.2) is 0 Å². The van der Waals surface area contributed by atoms with Gasteiger partial charge >= 0.3 is 5.97 Å². The molecule has 0 aliphatic heterocycles. The van der Waals surface area contributed by atoms with E-state index in [0.717, 1.165) is 0 Å². The van der Waals surface area contributed by atoms with Gasteiger partial charge < -0.3 is 15.5 Å². The number of aliphatic hydroxyl groups excluding tert-OH is 1. The van der Waals surface area contributed by atoms with Gasteiger partial charge in [0.15, 0.2) is 0 Å². The van der Waals surface area contributed by atoms with Crippen molar-refractivity contribution in [2.45, 2.75) is 58.6 Å². The molecule has 0 saturated carbocycles. The molecule has 0 aliphatic carbocycles. The Labute approximate surface area is 113 Å². The SMILES string of the molecule is CCC(=O)CC[C@H](NC(=O)[C@@H](O)CC(C)C)C(=O)O. The smallest absolute Gasteiger partial charge is 0.326 e. The Balaban J connectivity index is 4.37. The maximum atomic E-state index is 11.6. The molecular weight excluding hydrogens is 250 g/mol. The van der Waals surface area contributed by atoms with Gasteiger partial charge in [-0.3, -0.25) is 9.59 Å². The lowest BCUT2D eigenvalue weighted by atomic mass is 10.0. The second kappa shape index (κ2) is 8.63. The van der Waals surface area contributed by atoms with Gasteiger partial charge in [-0.25, -0.2) is 4.79 Å². The number of aliphatic hydroxyl groups is 1. The van der Waals surface area contributed by atoms with E-state index in [1.54, 1.807) is 6.92 Å². The molecule has 19 heavy (non-hydrogen) atoms. The minimum atomic E-state index is -1.22. The summed E-state index contributed by atoms with van der Waals surface area (Å²) >= 11 is 0. The fraction of sp³-hybridized carbons (Fsp3) is 0.769. The molecule has 6 nitrogen and oxygen atoms in total. The van der Waals surface area contributed by atoms with Gasteiger partial charge in [-0.05, 0) is 18.8 Å². The predicted molar refractivity (Wildman–Crippen MR) is 69.6 cm³/mol. The van der Waals surface area contributed by atoms with Crippen LogP contribution in [0.1, 0.15) is 46.5 Å². The second-order valence-electron chi connectivity index (χ2n) is 4.98. The van der Waals surface area contributed by atoms with Crippen molar-refractivity contribution in [2.24, 2.45) is 5.92 Å². The molecule has 0 aliphatic rings. The molecule has 0 aromatic rings. The van der Waals surface area contributed by atoms with E-state index in [0.29, 0.717) is 6.42 Å². The van der Waals surface area contributed by atoms with Crippen molar-refractivity contribution in [1.29, 1.82) is 0 Å². The van der Waals surface area contributed by atoms with Crippen LogP contribution in [-0.2, 0) is 14.4 Å². The summed E-state index contributed by atoms with van der Waals surface area (Å²) in [7, 11) is 0. The van der Waals surface area contributed by atoms with Crippen LogP contribution < -0.4 is 5.32 Å². The van der Waals surface area contributed by atoms with Crippen molar-refractivity contribution in [1.82, 2.24) is 5.32 Å². The molecule has 0 aromatic carbocycles. The minimum absolute atomic E-state index is 0.0438. The summed E-state index contributed by atoms with van der Waals surface area (Å²) in [6.45, 7) is 5.40. The van der Waals surface area contributed by atoms with Crippen molar-refractivity contribution >= 4 is 17.7 Å². The lowest BCUT2D eigenvalue weighted by molar-refractivity contribution is -0.143. The molecule has 0 unspecified atom stereocenters. The predicted octanol–water partition coefficient (Wildman–Crippen LogP) is 0.722. The third kappa shape index (κ3) is 7.56. The monoisotopic (exact) mass is 273 g/mol. The highest BCUT2D eigenvalue weighted by Gasteiger charge is 2.24.